The van der Waals surface area contributed by atoms with Crippen LogP contribution in [0.1, 0.15) is 30.1 Å². The number of hydrogen-bond acceptors (Lipinski definition) is 6. The number of rotatable bonds is 4. The maximum Gasteiger partial charge on any atom is 0.407 e. The predicted molar refractivity (Wildman–Crippen MR) is 97.9 cm³/mol. The first-order chi connectivity index (χ1) is 12.9. The molecule has 1 saturated carbocycles. The van der Waals surface area contributed by atoms with Gasteiger partial charge in [-0.2, -0.15) is 0 Å². The molecule has 2 aromatic rings. The van der Waals surface area contributed by atoms with Crippen molar-refractivity contribution in [2.75, 3.05) is 18.0 Å². The molecule has 27 heavy (non-hydrogen) atoms. The summed E-state index contributed by atoms with van der Waals surface area (Å²) < 4.78 is 11.4. The number of hydrogen-bond donors (Lipinski definition) is 2. The van der Waals surface area contributed by atoms with Gasteiger partial charge in [-0.3, -0.25) is 4.79 Å². The molecule has 140 valence electrons. The van der Waals surface area contributed by atoms with Gasteiger partial charge in [0.1, 0.15) is 23.3 Å². The van der Waals surface area contributed by atoms with Crippen molar-refractivity contribution in [1.82, 2.24) is 10.3 Å². The monoisotopic (exact) mass is 368 g/mol. The van der Waals surface area contributed by atoms with Crippen molar-refractivity contribution in [1.29, 1.82) is 0 Å². The van der Waals surface area contributed by atoms with E-state index in [2.05, 4.69) is 15.2 Å². The molecule has 2 amide bonds. The number of nitrogens with one attached hydrogen (secondary N) is 1. The summed E-state index contributed by atoms with van der Waals surface area (Å²) in [7, 11) is 0. The van der Waals surface area contributed by atoms with Crippen LogP contribution in [0.15, 0.2) is 24.4 Å². The summed E-state index contributed by atoms with van der Waals surface area (Å²) in [6.45, 7) is 3.21. The van der Waals surface area contributed by atoms with Crippen molar-refractivity contribution in [2.24, 2.45) is 5.73 Å². The van der Waals surface area contributed by atoms with Gasteiger partial charge in [0, 0.05) is 18.1 Å². The van der Waals surface area contributed by atoms with Crippen LogP contribution in [0, 0.1) is 0 Å². The number of ether oxygens (including phenoxy) is 2. The molecule has 8 nitrogen and oxygen atoms in total. The number of alkyl carbamates (subject to hydrolysis) is 1. The lowest BCUT2D eigenvalue weighted by molar-refractivity contribution is 0.0992. The summed E-state index contributed by atoms with van der Waals surface area (Å²) in [5.74, 6) is 0.760. The Labute approximate surface area is 155 Å². The number of benzene rings is 1. The standard InChI is InChI=1S/C19H20N4O4/c1-19(3-4-19)27-14-7-11-10(6-12(14)16(20)24)2-5-21-17(11)23-8-13-15(9-23)26-18(25)22-13/h2,5-7,13,15H,3-4,8-9H2,1H3,(H2,20,24)(H,22,25)/t13-,15+/m1/s1. The van der Waals surface area contributed by atoms with Crippen molar-refractivity contribution < 1.29 is 19.1 Å². The van der Waals surface area contributed by atoms with Crippen LogP contribution >= 0.6 is 0 Å². The first-order valence-corrected chi connectivity index (χ1v) is 9.06. The number of carbonyl (C=O) groups is 2. The zero-order valence-corrected chi connectivity index (χ0v) is 14.9. The second-order valence-corrected chi connectivity index (χ2v) is 7.72. The highest BCUT2D eigenvalue weighted by molar-refractivity contribution is 6.03. The molecule has 2 atom stereocenters. The zero-order valence-electron chi connectivity index (χ0n) is 14.9. The number of anilines is 1. The van der Waals surface area contributed by atoms with Gasteiger partial charge in [0.15, 0.2) is 0 Å². The fourth-order valence-corrected chi connectivity index (χ4v) is 3.79. The number of carbonyl (C=O) groups excluding carboxylic acids is 2. The average Bonchev–Trinajstić information content (AvgIpc) is 3.05. The summed E-state index contributed by atoms with van der Waals surface area (Å²) >= 11 is 0. The first kappa shape index (κ1) is 16.2. The summed E-state index contributed by atoms with van der Waals surface area (Å²) in [6.07, 6.45) is 3.07. The molecule has 3 N–H and O–H groups in total. The molecule has 2 aliphatic heterocycles. The van der Waals surface area contributed by atoms with Crippen molar-refractivity contribution in [2.45, 2.75) is 37.5 Å². The summed E-state index contributed by atoms with van der Waals surface area (Å²) in [5.41, 5.74) is 5.72. The van der Waals surface area contributed by atoms with E-state index >= 15 is 0 Å². The average molecular weight is 368 g/mol. The molecule has 2 saturated heterocycles. The maximum atomic E-state index is 11.9. The van der Waals surface area contributed by atoms with E-state index in [4.69, 9.17) is 15.2 Å². The van der Waals surface area contributed by atoms with Gasteiger partial charge >= 0.3 is 6.09 Å². The Morgan fingerprint density at radius 1 is 1.41 bits per heavy atom. The van der Waals surface area contributed by atoms with Gasteiger partial charge < -0.3 is 25.4 Å². The molecule has 0 radical (unpaired) electrons. The van der Waals surface area contributed by atoms with Gasteiger partial charge in [0.2, 0.25) is 0 Å². The zero-order chi connectivity index (χ0) is 18.8. The minimum absolute atomic E-state index is 0.0412. The van der Waals surface area contributed by atoms with Gasteiger partial charge in [0.25, 0.3) is 5.91 Å². The van der Waals surface area contributed by atoms with Crippen molar-refractivity contribution in [3.8, 4) is 5.75 Å². The number of nitrogens with zero attached hydrogens (tertiary/aromatic N) is 2. The van der Waals surface area contributed by atoms with Gasteiger partial charge in [-0.15, -0.1) is 0 Å². The highest BCUT2D eigenvalue weighted by Crippen LogP contribution is 2.42. The van der Waals surface area contributed by atoms with Crippen LogP contribution in [0.4, 0.5) is 10.6 Å². The molecule has 1 aromatic heterocycles. The first-order valence-electron chi connectivity index (χ1n) is 9.06. The highest BCUT2D eigenvalue weighted by Gasteiger charge is 2.43. The molecular weight excluding hydrogens is 348 g/mol. The molecule has 3 heterocycles. The molecule has 8 heteroatoms. The van der Waals surface area contributed by atoms with Gasteiger partial charge in [-0.25, -0.2) is 9.78 Å². The van der Waals surface area contributed by atoms with Crippen LogP contribution in [0.25, 0.3) is 10.8 Å². The third kappa shape index (κ3) is 2.72. The van der Waals surface area contributed by atoms with E-state index in [1.807, 2.05) is 19.1 Å². The number of amides is 2. The SMILES string of the molecule is CC1(Oc2cc3c(N4C[C@@H]5OC(=O)N[C@@H]5C4)nccc3cc2C(N)=O)CC1. The van der Waals surface area contributed by atoms with Crippen LogP contribution in [0.3, 0.4) is 0 Å². The predicted octanol–water partition coefficient (Wildman–Crippen LogP) is 1.56. The Bertz CT molecular complexity index is 956. The second-order valence-electron chi connectivity index (χ2n) is 7.72. The highest BCUT2D eigenvalue weighted by atomic mass is 16.6. The summed E-state index contributed by atoms with van der Waals surface area (Å²) in [4.78, 5) is 29.9. The molecule has 0 unspecified atom stereocenters. The smallest absolute Gasteiger partial charge is 0.407 e. The maximum absolute atomic E-state index is 11.9. The molecular formula is C19H20N4O4. The molecule has 1 aromatic carbocycles. The topological polar surface area (TPSA) is 107 Å². The molecule has 1 aliphatic carbocycles. The molecule has 0 spiro atoms. The number of primary amides is 1. The molecule has 5 rings (SSSR count). The van der Waals surface area contributed by atoms with Crippen LogP contribution in [0.5, 0.6) is 5.75 Å². The Hall–Kier alpha value is -3.03. The normalized spacial score (nSPS) is 25.1. The molecule has 3 aliphatic rings. The minimum Gasteiger partial charge on any atom is -0.487 e. The molecule has 3 fully saturated rings. The van der Waals surface area contributed by atoms with Crippen molar-refractivity contribution in [3.05, 3.63) is 30.0 Å². The van der Waals surface area contributed by atoms with Gasteiger partial charge in [-0.05, 0) is 43.4 Å². The van der Waals surface area contributed by atoms with E-state index in [1.165, 1.54) is 0 Å². The lowest BCUT2D eigenvalue weighted by Gasteiger charge is -2.21. The molecule has 0 bridgehead atoms. The summed E-state index contributed by atoms with van der Waals surface area (Å²) in [6, 6.07) is 5.43. The largest absolute Gasteiger partial charge is 0.487 e. The quantitative estimate of drug-likeness (QED) is 0.848. The van der Waals surface area contributed by atoms with E-state index in [9.17, 15) is 9.59 Å². The number of nitrogens with two attached hydrogens (primary N) is 1. The van der Waals surface area contributed by atoms with Crippen LogP contribution in [-0.2, 0) is 4.74 Å². The third-order valence-corrected chi connectivity index (χ3v) is 5.55. The fourth-order valence-electron chi connectivity index (χ4n) is 3.79. The van der Waals surface area contributed by atoms with E-state index in [-0.39, 0.29) is 23.8 Å². The van der Waals surface area contributed by atoms with Crippen LogP contribution in [0.2, 0.25) is 0 Å². The van der Waals surface area contributed by atoms with E-state index < -0.39 is 5.91 Å². The Balaban J connectivity index is 1.56. The van der Waals surface area contributed by atoms with Crippen molar-refractivity contribution in [3.63, 3.8) is 0 Å². The van der Waals surface area contributed by atoms with Gasteiger partial charge in [-0.1, -0.05) is 0 Å². The van der Waals surface area contributed by atoms with E-state index in [0.29, 0.717) is 24.4 Å². The minimum atomic E-state index is -0.513. The summed E-state index contributed by atoms with van der Waals surface area (Å²) in [5, 5.41) is 4.57. The van der Waals surface area contributed by atoms with E-state index in [1.54, 1.807) is 12.3 Å². The Morgan fingerprint density at radius 2 is 2.22 bits per heavy atom. The van der Waals surface area contributed by atoms with Crippen LogP contribution in [-0.4, -0.2) is 47.8 Å². The number of fused-ring (bicyclic) bond motifs is 2. The second kappa shape index (κ2) is 5.48. The fraction of sp³-hybridized carbons (Fsp3) is 0.421. The number of pyridine rings is 1. The van der Waals surface area contributed by atoms with E-state index in [0.717, 1.165) is 29.4 Å². The lowest BCUT2D eigenvalue weighted by atomic mass is 10.1. The van der Waals surface area contributed by atoms with Crippen LogP contribution < -0.4 is 20.7 Å². The Kier molecular flexibility index (Phi) is 3.28. The lowest BCUT2D eigenvalue weighted by Crippen LogP contribution is -2.32. The van der Waals surface area contributed by atoms with Crippen molar-refractivity contribution >= 4 is 28.6 Å². The third-order valence-electron chi connectivity index (χ3n) is 5.55. The van der Waals surface area contributed by atoms with Gasteiger partial charge in [0.05, 0.1) is 18.2 Å². The number of aromatic nitrogens is 1. The Morgan fingerprint density at radius 3 is 2.93 bits per heavy atom.